The van der Waals surface area contributed by atoms with Gasteiger partial charge in [0.1, 0.15) is 18.3 Å². The van der Waals surface area contributed by atoms with Crippen LogP contribution in [0.1, 0.15) is 45.2 Å². The number of hydrogen-bond donors (Lipinski definition) is 1. The summed E-state index contributed by atoms with van der Waals surface area (Å²) in [5, 5.41) is 2.92. The number of anilines is 1. The van der Waals surface area contributed by atoms with Crippen LogP contribution >= 0.6 is 0 Å². The van der Waals surface area contributed by atoms with Crippen molar-refractivity contribution >= 4 is 27.5 Å². The number of rotatable bonds is 12. The predicted octanol–water partition coefficient (Wildman–Crippen LogP) is 3.49. The Kier molecular flexibility index (Phi) is 10.1. The molecule has 0 aliphatic heterocycles. The molecule has 0 saturated carbocycles. The van der Waals surface area contributed by atoms with Gasteiger partial charge in [0.05, 0.1) is 18.6 Å². The molecule has 35 heavy (non-hydrogen) atoms. The Morgan fingerprint density at radius 1 is 1.03 bits per heavy atom. The van der Waals surface area contributed by atoms with Gasteiger partial charge in [0.15, 0.2) is 0 Å². The van der Waals surface area contributed by atoms with Crippen LogP contribution in [0.15, 0.2) is 48.5 Å². The highest BCUT2D eigenvalue weighted by Gasteiger charge is 2.31. The van der Waals surface area contributed by atoms with E-state index in [1.54, 1.807) is 38.1 Å². The molecule has 0 radical (unpaired) electrons. The number of nitrogens with one attached hydrogen (secondary N) is 1. The Hall–Kier alpha value is -3.07. The van der Waals surface area contributed by atoms with E-state index in [1.807, 2.05) is 45.0 Å². The summed E-state index contributed by atoms with van der Waals surface area (Å²) in [6.07, 6.45) is 1.80. The van der Waals surface area contributed by atoms with Crippen molar-refractivity contribution in [3.05, 3.63) is 59.7 Å². The Labute approximate surface area is 209 Å². The fraction of sp³-hybridized carbons (Fsp3) is 0.462. The molecule has 2 amide bonds. The lowest BCUT2D eigenvalue weighted by atomic mass is 10.1. The quantitative estimate of drug-likeness (QED) is 0.478. The van der Waals surface area contributed by atoms with Crippen molar-refractivity contribution in [1.82, 2.24) is 10.2 Å². The molecule has 0 saturated heterocycles. The van der Waals surface area contributed by atoms with Crippen molar-refractivity contribution in [3.8, 4) is 5.75 Å². The Balaban J connectivity index is 2.42. The normalized spacial score (nSPS) is 13.0. The lowest BCUT2D eigenvalue weighted by molar-refractivity contribution is -0.139. The van der Waals surface area contributed by atoms with Crippen molar-refractivity contribution < 1.29 is 22.7 Å². The summed E-state index contributed by atoms with van der Waals surface area (Å²) >= 11 is 0. The molecule has 0 unspecified atom stereocenters. The topological polar surface area (TPSA) is 96.0 Å². The molecule has 0 aliphatic rings. The molecule has 192 valence electrons. The van der Waals surface area contributed by atoms with Crippen molar-refractivity contribution in [1.29, 1.82) is 0 Å². The molecule has 2 aromatic carbocycles. The Morgan fingerprint density at radius 2 is 1.66 bits per heavy atom. The van der Waals surface area contributed by atoms with Gasteiger partial charge in [0.25, 0.3) is 0 Å². The van der Waals surface area contributed by atoms with Crippen LogP contribution in [0, 0.1) is 6.92 Å². The molecule has 2 aromatic rings. The first-order valence-corrected chi connectivity index (χ1v) is 13.7. The van der Waals surface area contributed by atoms with E-state index in [4.69, 9.17) is 4.74 Å². The first-order chi connectivity index (χ1) is 16.5. The second kappa shape index (κ2) is 12.6. The minimum atomic E-state index is -3.83. The number of aryl methyl sites for hydroxylation is 1. The van der Waals surface area contributed by atoms with Crippen molar-refractivity contribution in [2.24, 2.45) is 0 Å². The molecular formula is C26H37N3O5S. The van der Waals surface area contributed by atoms with Crippen LogP contribution in [-0.2, 0) is 26.2 Å². The average molecular weight is 504 g/mol. The van der Waals surface area contributed by atoms with Crippen LogP contribution < -0.4 is 14.4 Å². The number of hydrogen-bond acceptors (Lipinski definition) is 5. The number of ether oxygens (including phenoxy) is 1. The van der Waals surface area contributed by atoms with Gasteiger partial charge in [-0.1, -0.05) is 48.9 Å². The molecule has 0 spiro atoms. The first-order valence-electron chi connectivity index (χ1n) is 11.8. The number of nitrogens with zero attached hydrogens (tertiary/aromatic N) is 2. The third kappa shape index (κ3) is 7.99. The minimum Gasteiger partial charge on any atom is -0.492 e. The van der Waals surface area contributed by atoms with E-state index in [-0.39, 0.29) is 24.2 Å². The summed E-state index contributed by atoms with van der Waals surface area (Å²) in [6.45, 7) is 9.33. The lowest BCUT2D eigenvalue weighted by Gasteiger charge is -2.32. The van der Waals surface area contributed by atoms with Crippen LogP contribution in [-0.4, -0.2) is 56.6 Å². The third-order valence-electron chi connectivity index (χ3n) is 5.75. The second-order valence-electron chi connectivity index (χ2n) is 8.67. The van der Waals surface area contributed by atoms with Gasteiger partial charge in [-0.15, -0.1) is 0 Å². The molecule has 0 fully saturated rings. The fourth-order valence-electron chi connectivity index (χ4n) is 3.47. The lowest BCUT2D eigenvalue weighted by Crippen LogP contribution is -2.52. The highest BCUT2D eigenvalue weighted by atomic mass is 32.2. The SMILES string of the molecule is CCOc1ccccc1N(CC(=O)N(Cc1ccc(C)cc1)[C@@H](C)C(=O)N[C@H](C)CC)S(C)(=O)=O. The van der Waals surface area contributed by atoms with Gasteiger partial charge in [0.2, 0.25) is 21.8 Å². The number of benzene rings is 2. The summed E-state index contributed by atoms with van der Waals surface area (Å²) < 4.78 is 32.1. The van der Waals surface area contributed by atoms with Crippen molar-refractivity contribution in [2.75, 3.05) is 23.7 Å². The monoisotopic (exact) mass is 503 g/mol. The summed E-state index contributed by atoms with van der Waals surface area (Å²) in [5.74, 6) is -0.421. The third-order valence-corrected chi connectivity index (χ3v) is 6.88. The Morgan fingerprint density at radius 3 is 2.23 bits per heavy atom. The molecule has 0 heterocycles. The fourth-order valence-corrected chi connectivity index (χ4v) is 4.33. The zero-order valence-electron chi connectivity index (χ0n) is 21.4. The molecule has 8 nitrogen and oxygen atoms in total. The molecular weight excluding hydrogens is 466 g/mol. The maximum absolute atomic E-state index is 13.6. The van der Waals surface area contributed by atoms with E-state index in [1.165, 1.54) is 4.90 Å². The predicted molar refractivity (Wildman–Crippen MR) is 139 cm³/mol. The highest BCUT2D eigenvalue weighted by Crippen LogP contribution is 2.30. The van der Waals surface area contributed by atoms with Crippen LogP contribution in [0.4, 0.5) is 5.69 Å². The first kappa shape index (κ1) is 28.2. The molecule has 1 N–H and O–H groups in total. The second-order valence-corrected chi connectivity index (χ2v) is 10.6. The molecule has 2 rings (SSSR count). The smallest absolute Gasteiger partial charge is 0.244 e. The van der Waals surface area contributed by atoms with Crippen LogP contribution in [0.5, 0.6) is 5.75 Å². The number of para-hydroxylation sites is 2. The number of sulfonamides is 1. The average Bonchev–Trinajstić information content (AvgIpc) is 2.81. The van der Waals surface area contributed by atoms with Gasteiger partial charge < -0.3 is 15.0 Å². The molecule has 0 aliphatic carbocycles. The van der Waals surface area contributed by atoms with Crippen LogP contribution in [0.2, 0.25) is 0 Å². The molecule has 0 bridgehead atoms. The number of amides is 2. The summed E-state index contributed by atoms with van der Waals surface area (Å²) in [4.78, 5) is 28.0. The van der Waals surface area contributed by atoms with E-state index in [2.05, 4.69) is 5.32 Å². The highest BCUT2D eigenvalue weighted by molar-refractivity contribution is 7.92. The van der Waals surface area contributed by atoms with Gasteiger partial charge in [-0.2, -0.15) is 0 Å². The van der Waals surface area contributed by atoms with E-state index >= 15 is 0 Å². The minimum absolute atomic E-state index is 0.0492. The summed E-state index contributed by atoms with van der Waals surface area (Å²) in [5.41, 5.74) is 2.19. The van der Waals surface area contributed by atoms with Crippen molar-refractivity contribution in [2.45, 2.75) is 59.7 Å². The molecule has 9 heteroatoms. The molecule has 2 atom stereocenters. The summed E-state index contributed by atoms with van der Waals surface area (Å²) in [6, 6.07) is 13.5. The zero-order chi connectivity index (χ0) is 26.2. The van der Waals surface area contributed by atoms with Gasteiger partial charge in [-0.05, 0) is 51.8 Å². The van der Waals surface area contributed by atoms with Crippen LogP contribution in [0.3, 0.4) is 0 Å². The van der Waals surface area contributed by atoms with Gasteiger partial charge in [0, 0.05) is 12.6 Å². The van der Waals surface area contributed by atoms with Crippen LogP contribution in [0.25, 0.3) is 0 Å². The van der Waals surface area contributed by atoms with Gasteiger partial charge in [-0.3, -0.25) is 13.9 Å². The number of carbonyl (C=O) groups is 2. The van der Waals surface area contributed by atoms with E-state index < -0.39 is 28.5 Å². The summed E-state index contributed by atoms with van der Waals surface area (Å²) in [7, 11) is -3.83. The van der Waals surface area contributed by atoms with Gasteiger partial charge >= 0.3 is 0 Å². The van der Waals surface area contributed by atoms with Crippen molar-refractivity contribution in [3.63, 3.8) is 0 Å². The maximum Gasteiger partial charge on any atom is 0.244 e. The van der Waals surface area contributed by atoms with E-state index in [9.17, 15) is 18.0 Å². The number of carbonyl (C=O) groups excluding carboxylic acids is 2. The molecule has 0 aromatic heterocycles. The van der Waals surface area contributed by atoms with E-state index in [0.717, 1.165) is 28.1 Å². The zero-order valence-corrected chi connectivity index (χ0v) is 22.3. The maximum atomic E-state index is 13.6. The van der Waals surface area contributed by atoms with E-state index in [0.29, 0.717) is 12.4 Å². The van der Waals surface area contributed by atoms with Gasteiger partial charge in [-0.25, -0.2) is 8.42 Å². The Bertz CT molecular complexity index is 1100. The standard InChI is InChI=1S/C26H37N3O5S/c1-7-20(4)27-26(31)21(5)28(17-22-15-13-19(3)14-16-22)25(30)18-29(35(6,32)33)23-11-9-10-12-24(23)34-8-2/h9-16,20-21H,7-8,17-18H2,1-6H3,(H,27,31)/t20-,21+/m1/s1. The largest absolute Gasteiger partial charge is 0.492 e.